The summed E-state index contributed by atoms with van der Waals surface area (Å²) in [5.41, 5.74) is 1.17. The van der Waals surface area contributed by atoms with E-state index in [4.69, 9.17) is 0 Å². The van der Waals surface area contributed by atoms with Gasteiger partial charge >= 0.3 is 0 Å². The van der Waals surface area contributed by atoms with Crippen LogP contribution >= 0.6 is 0 Å². The van der Waals surface area contributed by atoms with Crippen molar-refractivity contribution >= 4 is 10.0 Å². The molecule has 2 rings (SSSR count). The van der Waals surface area contributed by atoms with Gasteiger partial charge in [0, 0.05) is 19.6 Å². The first-order chi connectivity index (χ1) is 9.23. The smallest absolute Gasteiger partial charge is 0.243 e. The number of hydrogen-bond acceptors (Lipinski definition) is 3. The molecule has 1 aliphatic rings. The summed E-state index contributed by atoms with van der Waals surface area (Å²) in [6, 6.07) is 7.31. The molecule has 0 radical (unpaired) electrons. The van der Waals surface area contributed by atoms with Gasteiger partial charge in [0.25, 0.3) is 0 Å². The number of likely N-dealkylation sites (N-methyl/N-ethyl adjacent to an activating group) is 1. The van der Waals surface area contributed by atoms with Crippen molar-refractivity contribution in [3.8, 4) is 0 Å². The average molecular weight is 296 g/mol. The third-order valence-corrected chi connectivity index (χ3v) is 5.87. The first-order valence-electron chi connectivity index (χ1n) is 7.02. The molecular weight excluding hydrogens is 272 g/mol. The minimum atomic E-state index is -3.39. The molecule has 0 spiro atoms. The molecule has 1 fully saturated rings. The van der Waals surface area contributed by atoms with Crippen molar-refractivity contribution in [2.24, 2.45) is 0 Å². The fourth-order valence-corrected chi connectivity index (χ4v) is 3.82. The number of nitrogens with one attached hydrogen (secondary N) is 1. The molecule has 1 heterocycles. The van der Waals surface area contributed by atoms with E-state index in [1.807, 2.05) is 12.1 Å². The van der Waals surface area contributed by atoms with Gasteiger partial charge in [-0.1, -0.05) is 32.9 Å². The van der Waals surface area contributed by atoms with E-state index >= 15 is 0 Å². The second-order valence-electron chi connectivity index (χ2n) is 6.44. The van der Waals surface area contributed by atoms with Crippen LogP contribution in [0.15, 0.2) is 29.2 Å². The molecule has 20 heavy (non-hydrogen) atoms. The Morgan fingerprint density at radius 2 is 1.80 bits per heavy atom. The van der Waals surface area contributed by atoms with Crippen molar-refractivity contribution in [2.75, 3.05) is 20.1 Å². The number of hydrogen-bond donors (Lipinski definition) is 1. The molecule has 0 aliphatic carbocycles. The number of sulfonamides is 1. The van der Waals surface area contributed by atoms with Crippen molar-refractivity contribution in [2.45, 2.75) is 43.5 Å². The second kappa shape index (κ2) is 5.47. The lowest BCUT2D eigenvalue weighted by atomic mass is 9.87. The predicted octanol–water partition coefficient (Wildman–Crippen LogP) is 1.97. The summed E-state index contributed by atoms with van der Waals surface area (Å²) >= 11 is 0. The molecule has 1 aromatic carbocycles. The van der Waals surface area contributed by atoms with Crippen LogP contribution in [-0.2, 0) is 15.4 Å². The van der Waals surface area contributed by atoms with Gasteiger partial charge in [0.2, 0.25) is 10.0 Å². The molecule has 1 atom stereocenters. The first-order valence-corrected chi connectivity index (χ1v) is 8.46. The highest BCUT2D eigenvalue weighted by atomic mass is 32.2. The minimum absolute atomic E-state index is 0.0313. The monoisotopic (exact) mass is 296 g/mol. The highest BCUT2D eigenvalue weighted by Gasteiger charge is 2.30. The van der Waals surface area contributed by atoms with Crippen molar-refractivity contribution in [3.05, 3.63) is 29.8 Å². The zero-order valence-corrected chi connectivity index (χ0v) is 13.5. The quantitative estimate of drug-likeness (QED) is 0.928. The molecule has 1 unspecified atom stereocenters. The van der Waals surface area contributed by atoms with Gasteiger partial charge < -0.3 is 5.32 Å². The molecule has 0 bridgehead atoms. The predicted molar refractivity (Wildman–Crippen MR) is 81.4 cm³/mol. The Bertz CT molecular complexity index is 553. The van der Waals surface area contributed by atoms with Gasteiger partial charge in [-0.15, -0.1) is 0 Å². The van der Waals surface area contributed by atoms with E-state index in [9.17, 15) is 8.42 Å². The van der Waals surface area contributed by atoms with Crippen molar-refractivity contribution in [3.63, 3.8) is 0 Å². The molecule has 5 heteroatoms. The van der Waals surface area contributed by atoms with Crippen molar-refractivity contribution < 1.29 is 8.42 Å². The SMILES string of the molecule is CN(C1CCNC1)S(=O)(=O)c1ccc(C(C)(C)C)cc1. The third kappa shape index (κ3) is 3.05. The van der Waals surface area contributed by atoms with Gasteiger partial charge in [0.05, 0.1) is 4.90 Å². The van der Waals surface area contributed by atoms with Gasteiger partial charge in [0.15, 0.2) is 0 Å². The van der Waals surface area contributed by atoms with Crippen LogP contribution in [0.25, 0.3) is 0 Å². The Labute approximate surface area is 122 Å². The zero-order chi connectivity index (χ0) is 15.0. The largest absolute Gasteiger partial charge is 0.315 e. The van der Waals surface area contributed by atoms with Crippen molar-refractivity contribution in [1.29, 1.82) is 0 Å². The van der Waals surface area contributed by atoms with Crippen LogP contribution in [0.5, 0.6) is 0 Å². The fraction of sp³-hybridized carbons (Fsp3) is 0.600. The summed E-state index contributed by atoms with van der Waals surface area (Å²) in [5.74, 6) is 0. The zero-order valence-electron chi connectivity index (χ0n) is 12.7. The highest BCUT2D eigenvalue weighted by Crippen LogP contribution is 2.25. The maximum Gasteiger partial charge on any atom is 0.243 e. The van der Waals surface area contributed by atoms with Crippen LogP contribution in [0.1, 0.15) is 32.8 Å². The van der Waals surface area contributed by atoms with E-state index in [0.717, 1.165) is 25.1 Å². The lowest BCUT2D eigenvalue weighted by molar-refractivity contribution is 0.387. The van der Waals surface area contributed by atoms with E-state index < -0.39 is 10.0 Å². The molecule has 1 aliphatic heterocycles. The molecule has 1 N–H and O–H groups in total. The topological polar surface area (TPSA) is 49.4 Å². The number of rotatable bonds is 3. The molecule has 0 aromatic heterocycles. The summed E-state index contributed by atoms with van der Waals surface area (Å²) in [6.45, 7) is 7.97. The Morgan fingerprint density at radius 1 is 1.20 bits per heavy atom. The number of benzene rings is 1. The molecule has 0 saturated carbocycles. The van der Waals surface area contributed by atoms with Gasteiger partial charge in [-0.2, -0.15) is 4.31 Å². The molecular formula is C15H24N2O2S. The fourth-order valence-electron chi connectivity index (χ4n) is 2.44. The van der Waals surface area contributed by atoms with E-state index in [1.165, 1.54) is 4.31 Å². The lowest BCUT2D eigenvalue weighted by Gasteiger charge is -2.24. The Kier molecular flexibility index (Phi) is 4.23. The summed E-state index contributed by atoms with van der Waals surface area (Å²) in [4.78, 5) is 0.375. The van der Waals surface area contributed by atoms with E-state index in [2.05, 4.69) is 26.1 Å². The molecule has 4 nitrogen and oxygen atoms in total. The van der Waals surface area contributed by atoms with Crippen LogP contribution in [-0.4, -0.2) is 38.9 Å². The maximum absolute atomic E-state index is 12.6. The summed E-state index contributed by atoms with van der Waals surface area (Å²) in [7, 11) is -1.72. The summed E-state index contributed by atoms with van der Waals surface area (Å²) in [5, 5.41) is 3.20. The Morgan fingerprint density at radius 3 is 2.25 bits per heavy atom. The molecule has 112 valence electrons. The van der Waals surface area contributed by atoms with Crippen LogP contribution < -0.4 is 5.32 Å². The van der Waals surface area contributed by atoms with Crippen LogP contribution in [0.4, 0.5) is 0 Å². The highest BCUT2D eigenvalue weighted by molar-refractivity contribution is 7.89. The number of nitrogens with zero attached hydrogens (tertiary/aromatic N) is 1. The Balaban J connectivity index is 2.25. The van der Waals surface area contributed by atoms with Gasteiger partial charge in [0.1, 0.15) is 0 Å². The van der Waals surface area contributed by atoms with Gasteiger partial charge in [-0.05, 0) is 36.1 Å². The van der Waals surface area contributed by atoms with Crippen LogP contribution in [0.3, 0.4) is 0 Å². The van der Waals surface area contributed by atoms with E-state index in [-0.39, 0.29) is 11.5 Å². The summed E-state index contributed by atoms with van der Waals surface area (Å²) in [6.07, 6.45) is 0.871. The normalized spacial score (nSPS) is 20.6. The molecule has 1 aromatic rings. The van der Waals surface area contributed by atoms with Crippen LogP contribution in [0, 0.1) is 0 Å². The van der Waals surface area contributed by atoms with E-state index in [1.54, 1.807) is 19.2 Å². The van der Waals surface area contributed by atoms with E-state index in [0.29, 0.717) is 4.90 Å². The lowest BCUT2D eigenvalue weighted by Crippen LogP contribution is -2.38. The van der Waals surface area contributed by atoms with Crippen LogP contribution in [0.2, 0.25) is 0 Å². The summed E-state index contributed by atoms with van der Waals surface area (Å²) < 4.78 is 26.7. The first kappa shape index (κ1) is 15.5. The standard InChI is InChI=1S/C15H24N2O2S/c1-15(2,3)12-5-7-14(8-6-12)20(18,19)17(4)13-9-10-16-11-13/h5-8,13,16H,9-11H2,1-4H3. The molecule has 1 saturated heterocycles. The maximum atomic E-state index is 12.6. The minimum Gasteiger partial charge on any atom is -0.315 e. The van der Waals surface area contributed by atoms with Gasteiger partial charge in [-0.25, -0.2) is 8.42 Å². The second-order valence-corrected chi connectivity index (χ2v) is 8.44. The average Bonchev–Trinajstić information content (AvgIpc) is 2.90. The Hall–Kier alpha value is -0.910. The van der Waals surface area contributed by atoms with Gasteiger partial charge in [-0.3, -0.25) is 0 Å². The van der Waals surface area contributed by atoms with Crippen molar-refractivity contribution in [1.82, 2.24) is 9.62 Å². The third-order valence-electron chi connectivity index (χ3n) is 3.95. The molecule has 0 amide bonds.